The van der Waals surface area contributed by atoms with Gasteiger partial charge in [-0.15, -0.1) is 0 Å². The summed E-state index contributed by atoms with van der Waals surface area (Å²) in [5.74, 6) is 0. The minimum atomic E-state index is -0.240. The minimum Gasteiger partial charge on any atom is -0.456 e. The molecule has 0 spiro atoms. The van der Waals surface area contributed by atoms with Gasteiger partial charge >= 0.3 is 0 Å². The first-order chi connectivity index (χ1) is 29.4. The molecule has 1 aliphatic carbocycles. The first kappa shape index (κ1) is 35.5. The van der Waals surface area contributed by atoms with Crippen molar-refractivity contribution in [1.29, 1.82) is 0 Å². The van der Waals surface area contributed by atoms with E-state index in [-0.39, 0.29) is 5.41 Å². The molecule has 0 atom stereocenters. The summed E-state index contributed by atoms with van der Waals surface area (Å²) in [4.78, 5) is 2.34. The van der Waals surface area contributed by atoms with Gasteiger partial charge in [-0.3, -0.25) is 0 Å². The third-order valence-electron chi connectivity index (χ3n) is 12.2. The maximum absolute atomic E-state index is 6.53. The zero-order valence-corrected chi connectivity index (χ0v) is 33.6. The Labute approximate surface area is 350 Å². The van der Waals surface area contributed by atoms with E-state index in [1.807, 2.05) is 0 Å². The van der Waals surface area contributed by atoms with E-state index < -0.39 is 0 Å². The number of anilines is 2. The van der Waals surface area contributed by atoms with Gasteiger partial charge in [-0.2, -0.15) is 0 Å². The second-order valence-electron chi connectivity index (χ2n) is 16.3. The molecule has 11 rings (SSSR count). The predicted molar refractivity (Wildman–Crippen MR) is 253 cm³/mol. The molecular formula is C57H42N2O. The van der Waals surface area contributed by atoms with Gasteiger partial charge in [-0.1, -0.05) is 148 Å². The fourth-order valence-electron chi connectivity index (χ4n) is 9.30. The second-order valence-corrected chi connectivity index (χ2v) is 16.3. The number of aromatic nitrogens is 1. The van der Waals surface area contributed by atoms with Crippen molar-refractivity contribution in [2.24, 2.45) is 0 Å². The lowest BCUT2D eigenvalue weighted by Crippen LogP contribution is -2.23. The van der Waals surface area contributed by atoms with Crippen LogP contribution in [0.2, 0.25) is 0 Å². The van der Waals surface area contributed by atoms with Crippen LogP contribution in [-0.4, -0.2) is 4.57 Å². The van der Waals surface area contributed by atoms with Gasteiger partial charge in [-0.05, 0) is 118 Å². The number of benzene rings is 8. The van der Waals surface area contributed by atoms with Crippen molar-refractivity contribution in [3.8, 4) is 27.9 Å². The summed E-state index contributed by atoms with van der Waals surface area (Å²) in [6, 6.07) is 67.3. The van der Waals surface area contributed by atoms with Crippen LogP contribution in [0.1, 0.15) is 25.0 Å². The van der Waals surface area contributed by atoms with Crippen molar-refractivity contribution in [3.05, 3.63) is 230 Å². The third-order valence-corrected chi connectivity index (χ3v) is 12.2. The van der Waals surface area contributed by atoms with Gasteiger partial charge in [0.15, 0.2) is 0 Å². The Balaban J connectivity index is 1.00. The summed E-state index contributed by atoms with van der Waals surface area (Å²) in [7, 11) is 0. The smallest absolute Gasteiger partial charge is 0.136 e. The van der Waals surface area contributed by atoms with Gasteiger partial charge in [0.2, 0.25) is 0 Å². The summed E-state index contributed by atoms with van der Waals surface area (Å²) in [6.07, 6.45) is 6.73. The van der Waals surface area contributed by atoms with Crippen molar-refractivity contribution >= 4 is 60.7 Å². The molecule has 60 heavy (non-hydrogen) atoms. The fourth-order valence-corrected chi connectivity index (χ4v) is 9.30. The topological polar surface area (TPSA) is 21.3 Å². The van der Waals surface area contributed by atoms with Crippen LogP contribution in [0.5, 0.6) is 0 Å². The molecule has 3 heteroatoms. The number of hydrogen-bond donors (Lipinski definition) is 0. The molecule has 3 nitrogen and oxygen atoms in total. The number of fused-ring (bicyclic) bond motifs is 7. The van der Waals surface area contributed by atoms with Crippen LogP contribution in [-0.2, 0) is 5.41 Å². The van der Waals surface area contributed by atoms with E-state index in [0.29, 0.717) is 0 Å². The van der Waals surface area contributed by atoms with E-state index >= 15 is 0 Å². The zero-order valence-electron chi connectivity index (χ0n) is 33.6. The van der Waals surface area contributed by atoms with Crippen LogP contribution in [0, 0.1) is 0 Å². The summed E-state index contributed by atoms with van der Waals surface area (Å²) in [6.45, 7) is 9.04. The monoisotopic (exact) mass is 770 g/mol. The average molecular weight is 771 g/mol. The molecule has 0 radical (unpaired) electrons. The van der Waals surface area contributed by atoms with Gasteiger partial charge in [0.1, 0.15) is 11.2 Å². The molecule has 2 heterocycles. The van der Waals surface area contributed by atoms with Crippen LogP contribution in [0.4, 0.5) is 11.4 Å². The number of rotatable bonds is 6. The normalized spacial score (nSPS) is 15.1. The maximum Gasteiger partial charge on any atom is 0.136 e. The van der Waals surface area contributed by atoms with E-state index in [0.717, 1.165) is 67.0 Å². The molecule has 10 aromatic rings. The minimum absolute atomic E-state index is 0.240. The standard InChI is InChI=1S/C57H42N2O/c1-38-25-30-45(37-57(2,3)51-22-12-10-19-46(38)51)58(42-15-6-4-7-16-42)44-31-26-39(27-32-44)47-21-14-24-55-56(47)50-36-41(29-34-54(50)60-55)40-28-33-53-49(35-40)48-20-11-13-23-52(48)59(53)43-17-8-5-9-18-43/h4-37H,1H2,2-3H3/b30-25-,45-37+. The van der Waals surface area contributed by atoms with Gasteiger partial charge in [0.25, 0.3) is 0 Å². The quantitative estimate of drug-likeness (QED) is 0.168. The number of nitrogens with zero attached hydrogens (tertiary/aromatic N) is 2. The Bertz CT molecular complexity index is 3340. The van der Waals surface area contributed by atoms with Crippen LogP contribution in [0.25, 0.3) is 77.3 Å². The molecule has 286 valence electrons. The number of furan rings is 1. The molecule has 0 saturated heterocycles. The Morgan fingerprint density at radius 3 is 1.95 bits per heavy atom. The van der Waals surface area contributed by atoms with Crippen molar-refractivity contribution < 1.29 is 4.42 Å². The van der Waals surface area contributed by atoms with Crippen LogP contribution >= 0.6 is 0 Å². The molecule has 0 amide bonds. The Morgan fingerprint density at radius 2 is 1.13 bits per heavy atom. The molecule has 2 aromatic heterocycles. The zero-order chi connectivity index (χ0) is 40.4. The van der Waals surface area contributed by atoms with Crippen LogP contribution in [0.15, 0.2) is 223 Å². The van der Waals surface area contributed by atoms with E-state index in [2.05, 4.69) is 236 Å². The van der Waals surface area contributed by atoms with Crippen molar-refractivity contribution in [1.82, 2.24) is 4.57 Å². The van der Waals surface area contributed by atoms with Crippen LogP contribution in [0.3, 0.4) is 0 Å². The predicted octanol–water partition coefficient (Wildman–Crippen LogP) is 15.6. The SMILES string of the molecule is C=C1/C=C\C(N(c2ccccc2)c2ccc(-c3cccc4oc5ccc(-c6ccc7c(c6)c6ccccc6n7-c6ccccc6)cc5c34)cc2)=C/C(C)(C)c2ccccc21. The molecule has 0 aliphatic heterocycles. The lowest BCUT2D eigenvalue weighted by Gasteiger charge is -2.32. The number of para-hydroxylation sites is 3. The summed E-state index contributed by atoms with van der Waals surface area (Å²) in [5.41, 5.74) is 16.4. The van der Waals surface area contributed by atoms with Gasteiger partial charge in [-0.25, -0.2) is 0 Å². The Kier molecular flexibility index (Phi) is 8.31. The highest BCUT2D eigenvalue weighted by Crippen LogP contribution is 2.43. The number of hydrogen-bond acceptors (Lipinski definition) is 2. The van der Waals surface area contributed by atoms with Crippen molar-refractivity contribution in [3.63, 3.8) is 0 Å². The Hall–Kier alpha value is -7.62. The molecule has 8 aromatic carbocycles. The molecule has 0 N–H and O–H groups in total. The lowest BCUT2D eigenvalue weighted by atomic mass is 9.78. The molecular weight excluding hydrogens is 729 g/mol. The third kappa shape index (κ3) is 5.89. The summed E-state index contributed by atoms with van der Waals surface area (Å²) in [5, 5.41) is 4.70. The van der Waals surface area contributed by atoms with E-state index in [1.165, 1.54) is 38.5 Å². The summed E-state index contributed by atoms with van der Waals surface area (Å²) >= 11 is 0. The van der Waals surface area contributed by atoms with Crippen LogP contribution < -0.4 is 4.90 Å². The Morgan fingerprint density at radius 1 is 0.500 bits per heavy atom. The second kappa shape index (κ2) is 14.0. The first-order valence-corrected chi connectivity index (χ1v) is 20.6. The van der Waals surface area contributed by atoms with E-state index in [1.54, 1.807) is 0 Å². The van der Waals surface area contributed by atoms with Gasteiger partial charge in [0, 0.05) is 49.7 Å². The molecule has 0 bridgehead atoms. The highest BCUT2D eigenvalue weighted by molar-refractivity contribution is 6.14. The average Bonchev–Trinajstić information content (AvgIpc) is 3.84. The highest BCUT2D eigenvalue weighted by atomic mass is 16.3. The number of allylic oxidation sites excluding steroid dienone is 4. The molecule has 1 aliphatic rings. The van der Waals surface area contributed by atoms with Crippen molar-refractivity contribution in [2.45, 2.75) is 19.3 Å². The summed E-state index contributed by atoms with van der Waals surface area (Å²) < 4.78 is 8.89. The van der Waals surface area contributed by atoms with Crippen molar-refractivity contribution in [2.75, 3.05) is 4.90 Å². The molecule has 0 fully saturated rings. The molecule has 0 saturated carbocycles. The van der Waals surface area contributed by atoms with Gasteiger partial charge < -0.3 is 13.9 Å². The fraction of sp³-hybridized carbons (Fsp3) is 0.0526. The largest absolute Gasteiger partial charge is 0.456 e. The maximum atomic E-state index is 6.53. The first-order valence-electron chi connectivity index (χ1n) is 20.6. The van der Waals surface area contributed by atoms with E-state index in [9.17, 15) is 0 Å². The lowest BCUT2D eigenvalue weighted by molar-refractivity contribution is 0.661. The molecule has 0 unspecified atom stereocenters. The highest BCUT2D eigenvalue weighted by Gasteiger charge is 2.26. The van der Waals surface area contributed by atoms with Gasteiger partial charge in [0.05, 0.1) is 11.0 Å². The van der Waals surface area contributed by atoms with E-state index in [4.69, 9.17) is 4.42 Å².